The molecule has 2 amide bonds. The third kappa shape index (κ3) is 6.74. The SMILES string of the molecule is CC1(C)NC(=O)N(CNCC(O)CCc2cc(F)cc(F)c2)CCCc2cccc1c2. The lowest BCUT2D eigenvalue weighted by Gasteiger charge is -2.33. The number of rotatable bonds is 7. The van der Waals surface area contributed by atoms with Gasteiger partial charge in [-0.3, -0.25) is 5.32 Å². The number of halogens is 2. The number of aliphatic hydroxyl groups is 1. The highest BCUT2D eigenvalue weighted by atomic mass is 19.1. The highest BCUT2D eigenvalue weighted by molar-refractivity contribution is 5.75. The maximum absolute atomic E-state index is 13.3. The molecule has 3 rings (SSSR count). The number of urea groups is 1. The Labute approximate surface area is 182 Å². The van der Waals surface area contributed by atoms with Crippen molar-refractivity contribution in [3.8, 4) is 0 Å². The van der Waals surface area contributed by atoms with Gasteiger partial charge in [0.2, 0.25) is 0 Å². The van der Waals surface area contributed by atoms with Crippen molar-refractivity contribution in [3.63, 3.8) is 0 Å². The van der Waals surface area contributed by atoms with Crippen LogP contribution < -0.4 is 10.6 Å². The van der Waals surface area contributed by atoms with Gasteiger partial charge in [0.1, 0.15) is 11.6 Å². The van der Waals surface area contributed by atoms with E-state index in [1.54, 1.807) is 4.90 Å². The van der Waals surface area contributed by atoms with Crippen molar-refractivity contribution < 1.29 is 18.7 Å². The quantitative estimate of drug-likeness (QED) is 0.626. The molecule has 3 N–H and O–H groups in total. The Bertz CT molecular complexity index is 884. The van der Waals surface area contributed by atoms with Gasteiger partial charge in [0.25, 0.3) is 0 Å². The topological polar surface area (TPSA) is 64.6 Å². The largest absolute Gasteiger partial charge is 0.392 e. The van der Waals surface area contributed by atoms with Crippen LogP contribution in [0.1, 0.15) is 43.4 Å². The molecular weight excluding hydrogens is 400 g/mol. The summed E-state index contributed by atoms with van der Waals surface area (Å²) in [5, 5.41) is 16.5. The lowest BCUT2D eigenvalue weighted by molar-refractivity contribution is 0.147. The zero-order chi connectivity index (χ0) is 22.4. The van der Waals surface area contributed by atoms with E-state index in [-0.39, 0.29) is 12.6 Å². The Morgan fingerprint density at radius 3 is 2.68 bits per heavy atom. The summed E-state index contributed by atoms with van der Waals surface area (Å²) in [6.45, 7) is 5.15. The summed E-state index contributed by atoms with van der Waals surface area (Å²) < 4.78 is 26.5. The normalized spacial score (nSPS) is 17.2. The maximum Gasteiger partial charge on any atom is 0.319 e. The zero-order valence-corrected chi connectivity index (χ0v) is 18.1. The number of carbonyl (C=O) groups is 1. The van der Waals surface area contributed by atoms with E-state index in [4.69, 9.17) is 0 Å². The molecule has 31 heavy (non-hydrogen) atoms. The number of nitrogens with zero attached hydrogens (tertiary/aromatic N) is 1. The lowest BCUT2D eigenvalue weighted by Crippen LogP contribution is -2.52. The van der Waals surface area contributed by atoms with Crippen LogP contribution in [0.4, 0.5) is 13.6 Å². The molecule has 2 bridgehead atoms. The molecule has 168 valence electrons. The molecule has 1 aliphatic rings. The summed E-state index contributed by atoms with van der Waals surface area (Å²) in [6, 6.07) is 11.5. The number of benzene rings is 2. The monoisotopic (exact) mass is 431 g/mol. The van der Waals surface area contributed by atoms with E-state index in [0.29, 0.717) is 31.6 Å². The fourth-order valence-corrected chi connectivity index (χ4v) is 3.82. The first-order valence-electron chi connectivity index (χ1n) is 10.7. The van der Waals surface area contributed by atoms with E-state index in [1.165, 1.54) is 17.7 Å². The molecule has 0 fully saturated rings. The summed E-state index contributed by atoms with van der Waals surface area (Å²) in [5.41, 5.74) is 2.33. The third-order valence-electron chi connectivity index (χ3n) is 5.62. The van der Waals surface area contributed by atoms with Crippen molar-refractivity contribution in [2.75, 3.05) is 19.8 Å². The molecule has 7 heteroatoms. The fraction of sp³-hybridized carbons (Fsp3) is 0.458. The van der Waals surface area contributed by atoms with Crippen LogP contribution in [-0.2, 0) is 18.4 Å². The minimum Gasteiger partial charge on any atom is -0.392 e. The van der Waals surface area contributed by atoms with Crippen LogP contribution in [0.5, 0.6) is 0 Å². The van der Waals surface area contributed by atoms with Gasteiger partial charge >= 0.3 is 6.03 Å². The third-order valence-corrected chi connectivity index (χ3v) is 5.62. The number of hydrogen-bond acceptors (Lipinski definition) is 3. The van der Waals surface area contributed by atoms with Crippen molar-refractivity contribution in [3.05, 3.63) is 70.8 Å². The van der Waals surface area contributed by atoms with E-state index in [1.807, 2.05) is 26.0 Å². The van der Waals surface area contributed by atoms with Crippen molar-refractivity contribution in [2.24, 2.45) is 0 Å². The van der Waals surface area contributed by atoms with Gasteiger partial charge in [-0.25, -0.2) is 13.6 Å². The van der Waals surface area contributed by atoms with Crippen LogP contribution in [0.15, 0.2) is 42.5 Å². The molecule has 2 aromatic rings. The highest BCUT2D eigenvalue weighted by Gasteiger charge is 2.26. The molecule has 1 aliphatic heterocycles. The van der Waals surface area contributed by atoms with Crippen LogP contribution in [0, 0.1) is 11.6 Å². The van der Waals surface area contributed by atoms with Gasteiger partial charge in [0.05, 0.1) is 18.3 Å². The minimum absolute atomic E-state index is 0.158. The van der Waals surface area contributed by atoms with Crippen LogP contribution in [-0.4, -0.2) is 41.9 Å². The van der Waals surface area contributed by atoms with Gasteiger partial charge in [-0.05, 0) is 68.4 Å². The minimum atomic E-state index is -0.689. The smallest absolute Gasteiger partial charge is 0.319 e. The zero-order valence-electron chi connectivity index (χ0n) is 18.1. The van der Waals surface area contributed by atoms with Crippen molar-refractivity contribution in [1.29, 1.82) is 0 Å². The summed E-state index contributed by atoms with van der Waals surface area (Å²) in [4.78, 5) is 14.5. The van der Waals surface area contributed by atoms with Crippen molar-refractivity contribution in [1.82, 2.24) is 15.5 Å². The number of aliphatic hydroxyl groups excluding tert-OH is 1. The van der Waals surface area contributed by atoms with Crippen LogP contribution in [0.2, 0.25) is 0 Å². The Morgan fingerprint density at radius 1 is 1.19 bits per heavy atom. The average Bonchev–Trinajstić information content (AvgIpc) is 2.70. The Hall–Kier alpha value is -2.51. The molecule has 5 nitrogen and oxygen atoms in total. The second-order valence-corrected chi connectivity index (χ2v) is 8.70. The average molecular weight is 432 g/mol. The molecule has 0 spiro atoms. The van der Waals surface area contributed by atoms with Gasteiger partial charge in [-0.1, -0.05) is 24.3 Å². The predicted molar refractivity (Wildman–Crippen MR) is 117 cm³/mol. The molecule has 1 atom stereocenters. The van der Waals surface area contributed by atoms with E-state index in [0.717, 1.165) is 24.5 Å². The Balaban J connectivity index is 1.50. The molecule has 0 radical (unpaired) electrons. The van der Waals surface area contributed by atoms with E-state index in [2.05, 4.69) is 22.8 Å². The number of fused-ring (bicyclic) bond motifs is 2. The summed E-state index contributed by atoms with van der Waals surface area (Å²) in [7, 11) is 0. The Morgan fingerprint density at radius 2 is 1.94 bits per heavy atom. The van der Waals surface area contributed by atoms with Crippen LogP contribution in [0.3, 0.4) is 0 Å². The van der Waals surface area contributed by atoms with E-state index in [9.17, 15) is 18.7 Å². The number of carbonyl (C=O) groups excluding carboxylic acids is 1. The summed E-state index contributed by atoms with van der Waals surface area (Å²) in [6.07, 6.45) is 1.77. The first kappa shape index (κ1) is 23.2. The van der Waals surface area contributed by atoms with Crippen molar-refractivity contribution >= 4 is 6.03 Å². The standard InChI is InChI=1S/C24H31F2N3O2/c1-24(2)19-7-3-5-17(11-19)6-4-10-29(23(31)28-24)16-27-15-22(30)9-8-18-12-20(25)14-21(26)13-18/h3,5,7,11-14,22,27,30H,4,6,8-10,15-16H2,1-2H3,(H,28,31). The van der Waals surface area contributed by atoms with E-state index >= 15 is 0 Å². The predicted octanol–water partition coefficient (Wildman–Crippen LogP) is 3.70. The number of aryl methyl sites for hydroxylation is 2. The number of hydrogen-bond donors (Lipinski definition) is 3. The summed E-state index contributed by atoms with van der Waals surface area (Å²) in [5.74, 6) is -1.24. The van der Waals surface area contributed by atoms with Gasteiger partial charge in [-0.2, -0.15) is 0 Å². The van der Waals surface area contributed by atoms with Gasteiger partial charge < -0.3 is 15.3 Å². The summed E-state index contributed by atoms with van der Waals surface area (Å²) >= 11 is 0. The molecule has 0 saturated heterocycles. The molecule has 1 unspecified atom stereocenters. The van der Waals surface area contributed by atoms with Crippen LogP contribution in [0.25, 0.3) is 0 Å². The fourth-order valence-electron chi connectivity index (χ4n) is 3.82. The van der Waals surface area contributed by atoms with Gasteiger partial charge in [0, 0.05) is 19.2 Å². The lowest BCUT2D eigenvalue weighted by atomic mass is 9.91. The van der Waals surface area contributed by atoms with Gasteiger partial charge in [-0.15, -0.1) is 0 Å². The molecule has 0 aromatic heterocycles. The first-order valence-corrected chi connectivity index (χ1v) is 10.7. The van der Waals surface area contributed by atoms with E-state index < -0.39 is 23.3 Å². The van der Waals surface area contributed by atoms with Crippen molar-refractivity contribution in [2.45, 2.75) is 51.2 Å². The molecule has 1 heterocycles. The number of nitrogens with one attached hydrogen (secondary N) is 2. The second-order valence-electron chi connectivity index (χ2n) is 8.70. The molecular formula is C24H31F2N3O2. The van der Waals surface area contributed by atoms with Crippen LogP contribution >= 0.6 is 0 Å². The highest BCUT2D eigenvalue weighted by Crippen LogP contribution is 2.23. The number of amides is 2. The second kappa shape index (κ2) is 10.2. The first-order chi connectivity index (χ1) is 14.7. The maximum atomic E-state index is 13.3. The molecule has 2 aromatic carbocycles. The molecule has 0 saturated carbocycles. The molecule has 0 aliphatic carbocycles. The Kier molecular flexibility index (Phi) is 7.62. The van der Waals surface area contributed by atoms with Gasteiger partial charge in [0.15, 0.2) is 0 Å².